The van der Waals surface area contributed by atoms with E-state index in [1.54, 1.807) is 36.6 Å². The van der Waals surface area contributed by atoms with Crippen LogP contribution in [0.3, 0.4) is 0 Å². The van der Waals surface area contributed by atoms with Crippen LogP contribution in [0, 0.1) is 0 Å². The first-order chi connectivity index (χ1) is 16.0. The number of nitrogens with zero attached hydrogens (tertiary/aromatic N) is 2. The molecule has 0 fully saturated rings. The van der Waals surface area contributed by atoms with Gasteiger partial charge in [0.15, 0.2) is 15.8 Å². The molecule has 0 bridgehead atoms. The number of aromatic nitrogens is 2. The summed E-state index contributed by atoms with van der Waals surface area (Å²) in [5.74, 6) is 1.73. The lowest BCUT2D eigenvalue weighted by Crippen LogP contribution is -2.24. The molecule has 174 valence electrons. The summed E-state index contributed by atoms with van der Waals surface area (Å²) < 4.78 is 21.6. The molecule has 1 aromatic carbocycles. The van der Waals surface area contributed by atoms with Gasteiger partial charge >= 0.3 is 0 Å². The van der Waals surface area contributed by atoms with Crippen LogP contribution in [-0.4, -0.2) is 49.1 Å². The SMILES string of the molecule is COc1cc(C=CC(=O)Nc2nnc(SCC(=O)NCc3ccco3)s2)cc(OC)c1OC. The van der Waals surface area contributed by atoms with Crippen LogP contribution in [-0.2, 0) is 16.1 Å². The fraction of sp³-hybridized carbons (Fsp3) is 0.238. The van der Waals surface area contributed by atoms with Crippen molar-refractivity contribution < 1.29 is 28.2 Å². The molecule has 0 aliphatic heterocycles. The molecule has 2 aromatic heterocycles. The second-order valence-corrected chi connectivity index (χ2v) is 8.50. The molecule has 12 heteroatoms. The number of anilines is 1. The first-order valence-electron chi connectivity index (χ1n) is 9.56. The molecule has 0 saturated heterocycles. The highest BCUT2D eigenvalue weighted by Crippen LogP contribution is 2.38. The number of furan rings is 1. The van der Waals surface area contributed by atoms with Crippen LogP contribution in [0.5, 0.6) is 17.2 Å². The van der Waals surface area contributed by atoms with Gasteiger partial charge in [-0.25, -0.2) is 0 Å². The Morgan fingerprint density at radius 2 is 1.91 bits per heavy atom. The molecule has 0 spiro atoms. The van der Waals surface area contributed by atoms with Crippen molar-refractivity contribution in [1.29, 1.82) is 0 Å². The van der Waals surface area contributed by atoms with Gasteiger partial charge in [0.25, 0.3) is 0 Å². The number of carbonyl (C=O) groups is 2. The molecule has 0 radical (unpaired) electrons. The molecule has 10 nitrogen and oxygen atoms in total. The summed E-state index contributed by atoms with van der Waals surface area (Å²) in [6.07, 6.45) is 4.52. The molecule has 2 amide bonds. The van der Waals surface area contributed by atoms with Crippen LogP contribution >= 0.6 is 23.1 Å². The van der Waals surface area contributed by atoms with Crippen molar-refractivity contribution in [1.82, 2.24) is 15.5 Å². The number of carbonyl (C=O) groups excluding carboxylic acids is 2. The average molecular weight is 491 g/mol. The number of amides is 2. The summed E-state index contributed by atoms with van der Waals surface area (Å²) in [6, 6.07) is 6.99. The smallest absolute Gasteiger partial charge is 0.250 e. The Kier molecular flexibility index (Phi) is 8.72. The molecule has 0 unspecified atom stereocenters. The van der Waals surface area contributed by atoms with Crippen LogP contribution in [0.1, 0.15) is 11.3 Å². The summed E-state index contributed by atoms with van der Waals surface area (Å²) >= 11 is 2.41. The van der Waals surface area contributed by atoms with E-state index in [0.717, 1.165) is 0 Å². The molecule has 2 heterocycles. The van der Waals surface area contributed by atoms with Gasteiger partial charge in [-0.1, -0.05) is 23.1 Å². The second kappa shape index (κ2) is 11.9. The van der Waals surface area contributed by atoms with Crippen LogP contribution in [0.2, 0.25) is 0 Å². The number of thioether (sulfide) groups is 1. The van der Waals surface area contributed by atoms with E-state index in [9.17, 15) is 9.59 Å². The molecule has 0 saturated carbocycles. The standard InChI is InChI=1S/C21H22N4O6S2/c1-28-15-9-13(10-16(29-2)19(15)30-3)6-7-17(26)23-20-24-25-21(33-20)32-12-18(27)22-11-14-5-4-8-31-14/h4-10H,11-12H2,1-3H3,(H,22,27)(H,23,24,26). The second-order valence-electron chi connectivity index (χ2n) is 6.30. The monoisotopic (exact) mass is 490 g/mol. The maximum absolute atomic E-state index is 12.3. The molecule has 33 heavy (non-hydrogen) atoms. The minimum atomic E-state index is -0.382. The number of hydrogen-bond donors (Lipinski definition) is 2. The van der Waals surface area contributed by atoms with E-state index < -0.39 is 0 Å². The average Bonchev–Trinajstić information content (AvgIpc) is 3.51. The molecular weight excluding hydrogens is 468 g/mol. The van der Waals surface area contributed by atoms with E-state index >= 15 is 0 Å². The van der Waals surface area contributed by atoms with Crippen molar-refractivity contribution in [2.75, 3.05) is 32.4 Å². The van der Waals surface area contributed by atoms with Crippen molar-refractivity contribution in [3.63, 3.8) is 0 Å². The maximum Gasteiger partial charge on any atom is 0.250 e. The lowest BCUT2D eigenvalue weighted by Gasteiger charge is -2.12. The van der Waals surface area contributed by atoms with Crippen molar-refractivity contribution >= 4 is 46.1 Å². The zero-order valence-corrected chi connectivity index (χ0v) is 19.7. The van der Waals surface area contributed by atoms with E-state index in [0.29, 0.717) is 44.6 Å². The van der Waals surface area contributed by atoms with E-state index in [1.807, 2.05) is 0 Å². The van der Waals surface area contributed by atoms with E-state index in [2.05, 4.69) is 20.8 Å². The summed E-state index contributed by atoms with van der Waals surface area (Å²) in [6.45, 7) is 0.322. The summed E-state index contributed by atoms with van der Waals surface area (Å²) in [5, 5.41) is 13.6. The van der Waals surface area contributed by atoms with Gasteiger partial charge < -0.3 is 23.9 Å². The van der Waals surface area contributed by atoms with Gasteiger partial charge in [-0.15, -0.1) is 10.2 Å². The number of methoxy groups -OCH3 is 3. The van der Waals surface area contributed by atoms with Crippen LogP contribution in [0.25, 0.3) is 6.08 Å². The summed E-state index contributed by atoms with van der Waals surface area (Å²) in [5.41, 5.74) is 0.689. The van der Waals surface area contributed by atoms with Crippen molar-refractivity contribution in [2.45, 2.75) is 10.9 Å². The zero-order chi connectivity index (χ0) is 23.6. The highest BCUT2D eigenvalue weighted by molar-refractivity contribution is 8.01. The van der Waals surface area contributed by atoms with Gasteiger partial charge in [0.2, 0.25) is 22.7 Å². The maximum atomic E-state index is 12.3. The Hall–Kier alpha value is -3.51. The predicted molar refractivity (Wildman–Crippen MR) is 125 cm³/mol. The lowest BCUT2D eigenvalue weighted by molar-refractivity contribution is -0.118. The van der Waals surface area contributed by atoms with Gasteiger partial charge in [0.05, 0.1) is 39.9 Å². The lowest BCUT2D eigenvalue weighted by atomic mass is 10.1. The predicted octanol–water partition coefficient (Wildman–Crippen LogP) is 3.22. The Morgan fingerprint density at radius 3 is 2.55 bits per heavy atom. The van der Waals surface area contributed by atoms with Gasteiger partial charge in [-0.2, -0.15) is 0 Å². The van der Waals surface area contributed by atoms with Crippen molar-refractivity contribution in [2.24, 2.45) is 0 Å². The number of benzene rings is 1. The first kappa shape index (κ1) is 24.1. The van der Waals surface area contributed by atoms with Crippen LogP contribution in [0.15, 0.2) is 45.4 Å². The minimum absolute atomic E-state index is 0.162. The zero-order valence-electron chi connectivity index (χ0n) is 18.1. The molecule has 2 N–H and O–H groups in total. The van der Waals surface area contributed by atoms with Gasteiger partial charge in [-0.05, 0) is 35.9 Å². The topological polar surface area (TPSA) is 125 Å². The molecule has 0 aliphatic carbocycles. The first-order valence-corrected chi connectivity index (χ1v) is 11.4. The van der Waals surface area contributed by atoms with Crippen molar-refractivity contribution in [3.05, 3.63) is 47.9 Å². The van der Waals surface area contributed by atoms with Crippen molar-refractivity contribution in [3.8, 4) is 17.2 Å². The fourth-order valence-corrected chi connectivity index (χ4v) is 4.20. The molecule has 3 rings (SSSR count). The Balaban J connectivity index is 1.51. The number of nitrogens with one attached hydrogen (secondary N) is 2. The largest absolute Gasteiger partial charge is 0.493 e. The highest BCUT2D eigenvalue weighted by Gasteiger charge is 2.13. The van der Waals surface area contributed by atoms with Gasteiger partial charge in [0.1, 0.15) is 5.76 Å². The molecule has 0 atom stereocenters. The fourth-order valence-electron chi connectivity index (χ4n) is 2.61. The van der Waals surface area contributed by atoms with E-state index in [-0.39, 0.29) is 17.6 Å². The molecular formula is C21H22N4O6S2. The minimum Gasteiger partial charge on any atom is -0.493 e. The third kappa shape index (κ3) is 6.99. The number of rotatable bonds is 11. The van der Waals surface area contributed by atoms with Gasteiger partial charge in [-0.3, -0.25) is 14.9 Å². The third-order valence-corrected chi connectivity index (χ3v) is 6.09. The number of hydrogen-bond acceptors (Lipinski definition) is 10. The highest BCUT2D eigenvalue weighted by atomic mass is 32.2. The Morgan fingerprint density at radius 1 is 1.15 bits per heavy atom. The molecule has 3 aromatic rings. The van der Waals surface area contributed by atoms with Crippen LogP contribution in [0.4, 0.5) is 5.13 Å². The van der Waals surface area contributed by atoms with E-state index in [1.165, 1.54) is 50.5 Å². The quantitative estimate of drug-likeness (QED) is 0.237. The summed E-state index contributed by atoms with van der Waals surface area (Å²) in [7, 11) is 4.56. The van der Waals surface area contributed by atoms with E-state index in [4.69, 9.17) is 18.6 Å². The van der Waals surface area contributed by atoms with Crippen LogP contribution < -0.4 is 24.8 Å². The normalized spacial score (nSPS) is 10.8. The third-order valence-electron chi connectivity index (χ3n) is 4.12. The summed E-state index contributed by atoms with van der Waals surface area (Å²) in [4.78, 5) is 24.2. The Labute approximate surface area is 198 Å². The Bertz CT molecular complexity index is 1090. The van der Waals surface area contributed by atoms with Gasteiger partial charge in [0, 0.05) is 6.08 Å². The molecule has 0 aliphatic rings. The number of ether oxygens (including phenoxy) is 3.